The second-order valence-electron chi connectivity index (χ2n) is 5.58. The highest BCUT2D eigenvalue weighted by Gasteiger charge is 2.23. The van der Waals surface area contributed by atoms with Gasteiger partial charge in [-0.05, 0) is 35.2 Å². The van der Waals surface area contributed by atoms with Crippen LogP contribution < -0.4 is 10.1 Å². The normalized spacial score (nSPS) is 11.6. The van der Waals surface area contributed by atoms with E-state index >= 15 is 0 Å². The predicted molar refractivity (Wildman–Crippen MR) is 91.0 cm³/mol. The summed E-state index contributed by atoms with van der Waals surface area (Å²) in [7, 11) is 1.32. The summed E-state index contributed by atoms with van der Waals surface area (Å²) in [5.74, 6) is -2.39. The van der Waals surface area contributed by atoms with Crippen LogP contribution in [0.15, 0.2) is 42.5 Å². The van der Waals surface area contributed by atoms with E-state index in [-0.39, 0.29) is 17.7 Å². The van der Waals surface area contributed by atoms with Gasteiger partial charge in [0.15, 0.2) is 17.6 Å². The minimum atomic E-state index is -1.33. The van der Waals surface area contributed by atoms with Gasteiger partial charge in [-0.2, -0.15) is 0 Å². The van der Waals surface area contributed by atoms with Crippen LogP contribution in [0.2, 0.25) is 0 Å². The van der Waals surface area contributed by atoms with Crippen molar-refractivity contribution in [2.75, 3.05) is 7.11 Å². The molecule has 0 spiro atoms. The molecule has 0 saturated heterocycles. The maximum Gasteiger partial charge on any atom is 0.330 e. The van der Waals surface area contributed by atoms with Gasteiger partial charge in [0.2, 0.25) is 5.91 Å². The summed E-state index contributed by atoms with van der Waals surface area (Å²) in [6, 6.07) is 9.99. The van der Waals surface area contributed by atoms with Crippen molar-refractivity contribution in [3.8, 4) is 5.75 Å². The highest BCUT2D eigenvalue weighted by atomic mass is 19.1. The van der Waals surface area contributed by atoms with E-state index in [9.17, 15) is 19.1 Å². The Morgan fingerprint density at radius 3 is 2.52 bits per heavy atom. The van der Waals surface area contributed by atoms with E-state index in [1.54, 1.807) is 0 Å². The SMILES string of the molecule is CCc1cccc(CC(=O)NC(C(=O)O)c2ccc(OC)c(F)c2)c1. The number of aliphatic carboxylic acids is 1. The first kappa shape index (κ1) is 18.4. The minimum Gasteiger partial charge on any atom is -0.494 e. The van der Waals surface area contributed by atoms with Gasteiger partial charge in [0.05, 0.1) is 13.5 Å². The number of ether oxygens (including phenoxy) is 1. The van der Waals surface area contributed by atoms with Crippen molar-refractivity contribution in [2.45, 2.75) is 25.8 Å². The van der Waals surface area contributed by atoms with Gasteiger partial charge < -0.3 is 15.2 Å². The van der Waals surface area contributed by atoms with Crippen LogP contribution in [0.1, 0.15) is 29.7 Å². The van der Waals surface area contributed by atoms with Crippen molar-refractivity contribution in [3.63, 3.8) is 0 Å². The van der Waals surface area contributed by atoms with E-state index < -0.39 is 23.7 Å². The summed E-state index contributed by atoms with van der Waals surface area (Å²) < 4.78 is 18.6. The number of amides is 1. The molecule has 2 N–H and O–H groups in total. The fraction of sp³-hybridized carbons (Fsp3) is 0.263. The van der Waals surface area contributed by atoms with Crippen LogP contribution in [-0.2, 0) is 22.4 Å². The van der Waals surface area contributed by atoms with Crippen molar-refractivity contribution in [2.24, 2.45) is 0 Å². The monoisotopic (exact) mass is 345 g/mol. The van der Waals surface area contributed by atoms with Crippen LogP contribution in [0, 0.1) is 5.82 Å². The number of aryl methyl sites for hydroxylation is 1. The molecule has 0 heterocycles. The molecule has 132 valence electrons. The smallest absolute Gasteiger partial charge is 0.330 e. The Labute approximate surface area is 145 Å². The molecular formula is C19H20FNO4. The Kier molecular flexibility index (Phi) is 6.11. The standard InChI is InChI=1S/C19H20FNO4/c1-3-12-5-4-6-13(9-12)10-17(22)21-18(19(23)24)14-7-8-16(25-2)15(20)11-14/h4-9,11,18H,3,10H2,1-2H3,(H,21,22)(H,23,24). The Morgan fingerprint density at radius 2 is 1.92 bits per heavy atom. The van der Waals surface area contributed by atoms with Crippen LogP contribution >= 0.6 is 0 Å². The van der Waals surface area contributed by atoms with Crippen LogP contribution in [0.5, 0.6) is 5.75 Å². The van der Waals surface area contributed by atoms with Crippen molar-refractivity contribution in [1.82, 2.24) is 5.32 Å². The number of carbonyl (C=O) groups excluding carboxylic acids is 1. The summed E-state index contributed by atoms with van der Waals surface area (Å²) in [5, 5.41) is 11.8. The first-order chi connectivity index (χ1) is 11.9. The largest absolute Gasteiger partial charge is 0.494 e. The fourth-order valence-corrected chi connectivity index (χ4v) is 2.51. The van der Waals surface area contributed by atoms with Gasteiger partial charge in [-0.25, -0.2) is 9.18 Å². The van der Waals surface area contributed by atoms with Crippen LogP contribution in [0.25, 0.3) is 0 Å². The van der Waals surface area contributed by atoms with Gasteiger partial charge in [0.25, 0.3) is 0 Å². The molecule has 0 bridgehead atoms. The highest BCUT2D eigenvalue weighted by Crippen LogP contribution is 2.22. The van der Waals surface area contributed by atoms with E-state index in [2.05, 4.69) is 5.32 Å². The maximum absolute atomic E-state index is 13.8. The molecule has 25 heavy (non-hydrogen) atoms. The number of carboxylic acids is 1. The molecule has 1 amide bonds. The summed E-state index contributed by atoms with van der Waals surface area (Å²) in [4.78, 5) is 23.7. The van der Waals surface area contributed by atoms with E-state index in [0.29, 0.717) is 0 Å². The van der Waals surface area contributed by atoms with Crippen molar-refractivity contribution in [3.05, 3.63) is 65.0 Å². The number of carboxylic acid groups (broad SMARTS) is 1. The first-order valence-electron chi connectivity index (χ1n) is 7.88. The van der Waals surface area contributed by atoms with Gasteiger partial charge >= 0.3 is 5.97 Å². The summed E-state index contributed by atoms with van der Waals surface area (Å²) in [5.41, 5.74) is 2.03. The predicted octanol–water partition coefficient (Wildman–Crippen LogP) is 2.88. The number of methoxy groups -OCH3 is 1. The summed E-state index contributed by atoms with van der Waals surface area (Å²) in [6.07, 6.45) is 0.897. The van der Waals surface area contributed by atoms with Gasteiger partial charge in [0.1, 0.15) is 0 Å². The van der Waals surface area contributed by atoms with Crippen LogP contribution in [-0.4, -0.2) is 24.1 Å². The molecule has 2 aromatic rings. The van der Waals surface area contributed by atoms with E-state index in [1.807, 2.05) is 31.2 Å². The molecule has 0 aliphatic rings. The molecule has 2 aromatic carbocycles. The van der Waals surface area contributed by atoms with Crippen molar-refractivity contribution < 1.29 is 23.8 Å². The molecule has 5 nitrogen and oxygen atoms in total. The number of hydrogen-bond donors (Lipinski definition) is 2. The number of rotatable bonds is 7. The third kappa shape index (κ3) is 4.79. The zero-order valence-corrected chi connectivity index (χ0v) is 14.1. The lowest BCUT2D eigenvalue weighted by molar-refractivity contribution is -0.142. The first-order valence-corrected chi connectivity index (χ1v) is 7.88. The Hall–Kier alpha value is -2.89. The average Bonchev–Trinajstić information content (AvgIpc) is 2.59. The molecule has 1 atom stereocenters. The van der Waals surface area contributed by atoms with E-state index in [1.165, 1.54) is 19.2 Å². The van der Waals surface area contributed by atoms with Gasteiger partial charge in [-0.3, -0.25) is 4.79 Å². The Balaban J connectivity index is 2.14. The van der Waals surface area contributed by atoms with E-state index in [0.717, 1.165) is 23.6 Å². The number of hydrogen-bond acceptors (Lipinski definition) is 3. The van der Waals surface area contributed by atoms with Gasteiger partial charge in [-0.15, -0.1) is 0 Å². The number of benzene rings is 2. The zero-order chi connectivity index (χ0) is 18.4. The Bertz CT molecular complexity index is 776. The summed E-state index contributed by atoms with van der Waals surface area (Å²) in [6.45, 7) is 2.01. The number of nitrogens with one attached hydrogen (secondary N) is 1. The van der Waals surface area contributed by atoms with Crippen LogP contribution in [0.4, 0.5) is 4.39 Å². The van der Waals surface area contributed by atoms with Crippen molar-refractivity contribution in [1.29, 1.82) is 0 Å². The third-order valence-electron chi connectivity index (χ3n) is 3.83. The lowest BCUT2D eigenvalue weighted by atomic mass is 10.0. The minimum absolute atomic E-state index is 0.00981. The molecule has 0 fully saturated rings. The molecule has 2 rings (SSSR count). The zero-order valence-electron chi connectivity index (χ0n) is 14.1. The molecule has 0 aliphatic carbocycles. The molecule has 0 radical (unpaired) electrons. The van der Waals surface area contributed by atoms with Crippen LogP contribution in [0.3, 0.4) is 0 Å². The Morgan fingerprint density at radius 1 is 1.20 bits per heavy atom. The second kappa shape index (κ2) is 8.28. The maximum atomic E-state index is 13.8. The molecule has 6 heteroatoms. The average molecular weight is 345 g/mol. The highest BCUT2D eigenvalue weighted by molar-refractivity contribution is 5.85. The summed E-state index contributed by atoms with van der Waals surface area (Å²) >= 11 is 0. The second-order valence-corrected chi connectivity index (χ2v) is 5.58. The molecule has 0 saturated carbocycles. The molecule has 0 aromatic heterocycles. The van der Waals surface area contributed by atoms with E-state index in [4.69, 9.17) is 4.74 Å². The quantitative estimate of drug-likeness (QED) is 0.809. The van der Waals surface area contributed by atoms with Crippen molar-refractivity contribution >= 4 is 11.9 Å². The lowest BCUT2D eigenvalue weighted by Gasteiger charge is -2.16. The van der Waals surface area contributed by atoms with Gasteiger partial charge in [-0.1, -0.05) is 37.3 Å². The number of carbonyl (C=O) groups is 2. The lowest BCUT2D eigenvalue weighted by Crippen LogP contribution is -2.34. The van der Waals surface area contributed by atoms with Gasteiger partial charge in [0, 0.05) is 0 Å². The molecule has 0 aliphatic heterocycles. The third-order valence-corrected chi connectivity index (χ3v) is 3.83. The topological polar surface area (TPSA) is 75.6 Å². The molecule has 1 unspecified atom stereocenters. The molecular weight excluding hydrogens is 325 g/mol. The number of halogens is 1. The fourth-order valence-electron chi connectivity index (χ4n) is 2.51.